The van der Waals surface area contributed by atoms with Crippen LogP contribution in [0.1, 0.15) is 22.2 Å². The van der Waals surface area contributed by atoms with Crippen molar-refractivity contribution in [1.82, 2.24) is 9.88 Å². The minimum absolute atomic E-state index is 0.0853. The van der Waals surface area contributed by atoms with Crippen molar-refractivity contribution < 1.29 is 4.39 Å². The van der Waals surface area contributed by atoms with Crippen LogP contribution in [0.4, 0.5) is 4.39 Å². The largest absolute Gasteiger partial charge is 0.329 e. The number of nitrogens with zero attached hydrogens (tertiary/aromatic N) is 2. The molecule has 0 aliphatic heterocycles. The molecule has 0 saturated carbocycles. The van der Waals surface area contributed by atoms with Gasteiger partial charge in [0.25, 0.3) is 0 Å². The van der Waals surface area contributed by atoms with E-state index in [0.717, 1.165) is 17.8 Å². The Labute approximate surface area is 116 Å². The van der Waals surface area contributed by atoms with Crippen molar-refractivity contribution in [1.29, 1.82) is 0 Å². The van der Waals surface area contributed by atoms with Crippen molar-refractivity contribution in [2.75, 3.05) is 13.6 Å². The number of nitrogens with two attached hydrogens (primary N) is 1. The van der Waals surface area contributed by atoms with Crippen molar-refractivity contribution in [2.45, 2.75) is 19.5 Å². The van der Waals surface area contributed by atoms with Gasteiger partial charge in [-0.25, -0.2) is 9.37 Å². The second-order valence-electron chi connectivity index (χ2n) is 4.58. The summed E-state index contributed by atoms with van der Waals surface area (Å²) in [5, 5.41) is 0. The number of rotatable bonds is 5. The fourth-order valence-corrected chi connectivity index (χ4v) is 2.91. The lowest BCUT2D eigenvalue weighted by Gasteiger charge is -2.27. The lowest BCUT2D eigenvalue weighted by atomic mass is 10.1. The molecule has 5 heteroatoms. The molecule has 2 rings (SSSR count). The highest BCUT2D eigenvalue weighted by atomic mass is 32.1. The maximum atomic E-state index is 13.0. The quantitative estimate of drug-likeness (QED) is 0.915. The van der Waals surface area contributed by atoms with Gasteiger partial charge in [0, 0.05) is 24.0 Å². The monoisotopic (exact) mass is 279 g/mol. The number of likely N-dealkylation sites (N-methyl/N-ethyl adjacent to an activating group) is 1. The lowest BCUT2D eigenvalue weighted by molar-refractivity contribution is 0.243. The highest BCUT2D eigenvalue weighted by Crippen LogP contribution is 2.23. The summed E-state index contributed by atoms with van der Waals surface area (Å²) in [5.41, 5.74) is 9.82. The predicted octanol–water partition coefficient (Wildman–Crippen LogP) is 2.72. The van der Waals surface area contributed by atoms with E-state index in [2.05, 4.69) is 9.88 Å². The van der Waals surface area contributed by atoms with Crippen LogP contribution in [0.5, 0.6) is 0 Å². The van der Waals surface area contributed by atoms with Gasteiger partial charge in [0.1, 0.15) is 5.82 Å². The van der Waals surface area contributed by atoms with Crippen LogP contribution in [0, 0.1) is 12.7 Å². The first-order chi connectivity index (χ1) is 9.11. The molecule has 1 aromatic carbocycles. The molecule has 0 spiro atoms. The summed E-state index contributed by atoms with van der Waals surface area (Å²) in [4.78, 5) is 7.66. The Morgan fingerprint density at radius 3 is 2.58 bits per heavy atom. The average Bonchev–Trinajstić information content (AvgIpc) is 2.78. The third-order valence-corrected chi connectivity index (χ3v) is 4.17. The van der Waals surface area contributed by atoms with Gasteiger partial charge in [-0.2, -0.15) is 0 Å². The van der Waals surface area contributed by atoms with Crippen LogP contribution in [0.25, 0.3) is 0 Å². The third-order valence-electron chi connectivity index (χ3n) is 3.25. The summed E-state index contributed by atoms with van der Waals surface area (Å²) >= 11 is 1.65. The fourth-order valence-electron chi connectivity index (χ4n) is 2.07. The number of halogens is 1. The number of hydrogen-bond acceptors (Lipinski definition) is 4. The molecule has 102 valence electrons. The van der Waals surface area contributed by atoms with Crippen LogP contribution in [0.3, 0.4) is 0 Å². The second-order valence-corrected chi connectivity index (χ2v) is 5.52. The van der Waals surface area contributed by atoms with E-state index >= 15 is 0 Å². The molecule has 2 aromatic rings. The van der Waals surface area contributed by atoms with Gasteiger partial charge in [0.05, 0.1) is 11.2 Å². The number of aryl methyl sites for hydroxylation is 1. The summed E-state index contributed by atoms with van der Waals surface area (Å²) in [7, 11) is 2.03. The maximum absolute atomic E-state index is 13.0. The molecule has 0 aliphatic carbocycles. The van der Waals surface area contributed by atoms with Crippen molar-refractivity contribution >= 4 is 11.3 Å². The Bertz CT molecular complexity index is 524. The summed E-state index contributed by atoms with van der Waals surface area (Å²) < 4.78 is 13.0. The molecule has 1 atom stereocenters. The van der Waals surface area contributed by atoms with Crippen LogP contribution < -0.4 is 5.73 Å². The van der Waals surface area contributed by atoms with E-state index in [0.29, 0.717) is 6.54 Å². The highest BCUT2D eigenvalue weighted by molar-refractivity contribution is 7.09. The van der Waals surface area contributed by atoms with E-state index < -0.39 is 0 Å². The van der Waals surface area contributed by atoms with Crippen molar-refractivity contribution in [3.63, 3.8) is 0 Å². The van der Waals surface area contributed by atoms with Gasteiger partial charge in [-0.15, -0.1) is 11.3 Å². The van der Waals surface area contributed by atoms with Crippen molar-refractivity contribution in [3.8, 4) is 0 Å². The Morgan fingerprint density at radius 2 is 2.05 bits per heavy atom. The van der Waals surface area contributed by atoms with E-state index in [1.807, 2.05) is 19.5 Å². The zero-order chi connectivity index (χ0) is 13.8. The van der Waals surface area contributed by atoms with Gasteiger partial charge in [-0.05, 0) is 31.7 Å². The van der Waals surface area contributed by atoms with Gasteiger partial charge in [-0.1, -0.05) is 12.1 Å². The van der Waals surface area contributed by atoms with Crippen molar-refractivity contribution in [3.05, 3.63) is 51.7 Å². The van der Waals surface area contributed by atoms with Gasteiger partial charge < -0.3 is 5.73 Å². The maximum Gasteiger partial charge on any atom is 0.123 e. The smallest absolute Gasteiger partial charge is 0.123 e. The van der Waals surface area contributed by atoms with E-state index in [-0.39, 0.29) is 11.9 Å². The topological polar surface area (TPSA) is 42.2 Å². The number of hydrogen-bond donors (Lipinski definition) is 1. The Hall–Kier alpha value is -1.30. The summed E-state index contributed by atoms with van der Waals surface area (Å²) in [5.74, 6) is -0.222. The van der Waals surface area contributed by atoms with E-state index in [1.165, 1.54) is 17.0 Å². The molecule has 3 nitrogen and oxygen atoms in total. The van der Waals surface area contributed by atoms with Crippen LogP contribution in [-0.4, -0.2) is 23.5 Å². The van der Waals surface area contributed by atoms with Crippen LogP contribution >= 0.6 is 11.3 Å². The molecule has 0 radical (unpaired) electrons. The summed E-state index contributed by atoms with van der Waals surface area (Å²) in [6, 6.07) is 6.63. The zero-order valence-electron chi connectivity index (χ0n) is 11.1. The summed E-state index contributed by atoms with van der Waals surface area (Å²) in [6.45, 7) is 3.31. The Balaban J connectivity index is 2.13. The highest BCUT2D eigenvalue weighted by Gasteiger charge is 2.17. The van der Waals surface area contributed by atoms with Gasteiger partial charge in [0.2, 0.25) is 0 Å². The molecule has 0 amide bonds. The molecule has 1 aromatic heterocycles. The molecule has 1 heterocycles. The third kappa shape index (κ3) is 3.37. The molecular weight excluding hydrogens is 261 g/mol. The fraction of sp³-hybridized carbons (Fsp3) is 0.357. The molecule has 1 unspecified atom stereocenters. The molecule has 0 bridgehead atoms. The second kappa shape index (κ2) is 6.23. The first-order valence-corrected chi connectivity index (χ1v) is 7.04. The molecule has 0 aliphatic rings. The molecule has 0 fully saturated rings. The van der Waals surface area contributed by atoms with E-state index in [4.69, 9.17) is 5.73 Å². The summed E-state index contributed by atoms with van der Waals surface area (Å²) in [6.07, 6.45) is 0. The molecule has 0 saturated heterocycles. The average molecular weight is 279 g/mol. The number of thiazole rings is 1. The Kier molecular flexibility index (Phi) is 4.63. The van der Waals surface area contributed by atoms with E-state index in [1.54, 1.807) is 23.5 Å². The van der Waals surface area contributed by atoms with Crippen molar-refractivity contribution in [2.24, 2.45) is 5.73 Å². The molecule has 19 heavy (non-hydrogen) atoms. The van der Waals surface area contributed by atoms with E-state index in [9.17, 15) is 4.39 Å². The SMILES string of the molecule is Cc1ncsc1CN(C)C(CN)c1ccc(F)cc1. The number of aromatic nitrogens is 1. The van der Waals surface area contributed by atoms with Crippen LogP contribution in [0.2, 0.25) is 0 Å². The lowest BCUT2D eigenvalue weighted by Crippen LogP contribution is -2.30. The first-order valence-electron chi connectivity index (χ1n) is 6.16. The van der Waals surface area contributed by atoms with Gasteiger partial charge in [0.15, 0.2) is 0 Å². The minimum atomic E-state index is -0.222. The standard InChI is InChI=1S/C14H18FN3S/c1-10-14(19-9-17-10)8-18(2)13(7-16)11-3-5-12(15)6-4-11/h3-6,9,13H,7-8,16H2,1-2H3. The molecular formula is C14H18FN3S. The first kappa shape index (κ1) is 14.1. The zero-order valence-corrected chi connectivity index (χ0v) is 12.0. The Morgan fingerprint density at radius 1 is 1.37 bits per heavy atom. The molecule has 2 N–H and O–H groups in total. The van der Waals surface area contributed by atoms with Gasteiger partial charge >= 0.3 is 0 Å². The normalized spacial score (nSPS) is 12.9. The van der Waals surface area contributed by atoms with Crippen LogP contribution in [-0.2, 0) is 6.54 Å². The predicted molar refractivity (Wildman–Crippen MR) is 76.5 cm³/mol. The minimum Gasteiger partial charge on any atom is -0.329 e. The number of benzene rings is 1. The van der Waals surface area contributed by atoms with Crippen LogP contribution in [0.15, 0.2) is 29.8 Å². The van der Waals surface area contributed by atoms with Gasteiger partial charge in [-0.3, -0.25) is 4.90 Å².